The first-order valence-electron chi connectivity index (χ1n) is 16.9. The number of methoxy groups -OCH3 is 1. The van der Waals surface area contributed by atoms with Gasteiger partial charge in [-0.3, -0.25) is 4.90 Å². The number of likely N-dealkylation sites (tertiary alicyclic amines) is 1. The van der Waals surface area contributed by atoms with Crippen LogP contribution in [0.25, 0.3) is 0 Å². The minimum Gasteiger partial charge on any atom is -0.493 e. The summed E-state index contributed by atoms with van der Waals surface area (Å²) < 4.78 is 29.5. The largest absolute Gasteiger partial charge is 0.493 e. The van der Waals surface area contributed by atoms with E-state index < -0.39 is 6.09 Å². The van der Waals surface area contributed by atoms with E-state index in [-0.39, 0.29) is 18.8 Å². The van der Waals surface area contributed by atoms with Crippen LogP contribution in [0.4, 0.5) is 4.79 Å². The number of hydrogen-bond donors (Lipinski definition) is 1. The van der Waals surface area contributed by atoms with Gasteiger partial charge in [-0.15, -0.1) is 0 Å². The fourth-order valence-corrected chi connectivity index (χ4v) is 6.07. The monoisotopic (exact) mass is 632 g/mol. The average molecular weight is 633 g/mol. The van der Waals surface area contributed by atoms with Gasteiger partial charge in [-0.1, -0.05) is 93.4 Å². The Morgan fingerprint density at radius 2 is 1.52 bits per heavy atom. The van der Waals surface area contributed by atoms with Crippen LogP contribution in [0.15, 0.2) is 78.9 Å². The lowest BCUT2D eigenvalue weighted by molar-refractivity contribution is -0.0352. The molecule has 3 atom stereocenters. The van der Waals surface area contributed by atoms with Gasteiger partial charge in [0.1, 0.15) is 13.2 Å². The molecule has 1 saturated carbocycles. The van der Waals surface area contributed by atoms with Crippen molar-refractivity contribution in [2.75, 3.05) is 40.0 Å². The lowest BCUT2D eigenvalue weighted by atomic mass is 9.91. The third-order valence-electron chi connectivity index (χ3n) is 8.43. The molecule has 250 valence electrons. The Morgan fingerprint density at radius 3 is 2.26 bits per heavy atom. The molecule has 0 aromatic heterocycles. The smallest absolute Gasteiger partial charge is 0.407 e. The van der Waals surface area contributed by atoms with Crippen LogP contribution in [-0.2, 0) is 33.8 Å². The van der Waals surface area contributed by atoms with Gasteiger partial charge < -0.3 is 29.0 Å². The molecule has 3 aromatic rings. The molecule has 0 spiro atoms. The quantitative estimate of drug-likeness (QED) is 0.178. The molecule has 1 amide bonds. The number of benzene rings is 3. The van der Waals surface area contributed by atoms with Gasteiger partial charge in [0.2, 0.25) is 0 Å². The van der Waals surface area contributed by atoms with Crippen molar-refractivity contribution in [3.63, 3.8) is 0 Å². The molecule has 1 aliphatic carbocycles. The molecule has 46 heavy (non-hydrogen) atoms. The van der Waals surface area contributed by atoms with Gasteiger partial charge in [0.25, 0.3) is 0 Å². The second-order valence-corrected chi connectivity index (χ2v) is 11.5. The third-order valence-corrected chi connectivity index (χ3v) is 8.43. The Morgan fingerprint density at radius 1 is 0.804 bits per heavy atom. The van der Waals surface area contributed by atoms with E-state index in [0.29, 0.717) is 43.9 Å². The minimum atomic E-state index is -0.471. The molecule has 8 nitrogen and oxygen atoms in total. The number of nitrogens with one attached hydrogen (secondary N) is 1. The molecule has 0 radical (unpaired) electrons. The van der Waals surface area contributed by atoms with Crippen molar-refractivity contribution in [1.82, 2.24) is 10.2 Å². The molecule has 1 heterocycles. The zero-order valence-electron chi connectivity index (χ0n) is 27.8. The van der Waals surface area contributed by atoms with E-state index in [2.05, 4.69) is 40.5 Å². The zero-order chi connectivity index (χ0) is 32.4. The highest BCUT2D eigenvalue weighted by Crippen LogP contribution is 2.31. The fourth-order valence-electron chi connectivity index (χ4n) is 6.07. The van der Waals surface area contributed by atoms with Gasteiger partial charge in [0.15, 0.2) is 11.5 Å². The molecule has 3 aromatic carbocycles. The Balaban J connectivity index is 0.00000235. The second-order valence-electron chi connectivity index (χ2n) is 11.5. The highest BCUT2D eigenvalue weighted by molar-refractivity contribution is 5.67. The molecule has 1 aliphatic heterocycles. The summed E-state index contributed by atoms with van der Waals surface area (Å²) >= 11 is 0. The van der Waals surface area contributed by atoms with Gasteiger partial charge in [-0.25, -0.2) is 4.79 Å². The summed E-state index contributed by atoms with van der Waals surface area (Å²) in [6.45, 7) is 8.27. The Bertz CT molecular complexity index is 1270. The van der Waals surface area contributed by atoms with Crippen LogP contribution < -0.4 is 14.8 Å². The number of nitrogens with zero attached hydrogens (tertiary/aromatic N) is 1. The van der Waals surface area contributed by atoms with E-state index in [1.165, 1.54) is 24.8 Å². The molecular weight excluding hydrogens is 580 g/mol. The average Bonchev–Trinajstić information content (AvgIpc) is 3.59. The van der Waals surface area contributed by atoms with Crippen molar-refractivity contribution in [3.8, 4) is 11.5 Å². The van der Waals surface area contributed by atoms with Gasteiger partial charge in [0, 0.05) is 19.1 Å². The maximum Gasteiger partial charge on any atom is 0.407 e. The van der Waals surface area contributed by atoms with Crippen molar-refractivity contribution in [3.05, 3.63) is 95.6 Å². The fraction of sp³-hybridized carbons (Fsp3) is 0.500. The lowest BCUT2D eigenvalue weighted by Crippen LogP contribution is -2.46. The van der Waals surface area contributed by atoms with E-state index in [9.17, 15) is 4.79 Å². The number of amides is 1. The van der Waals surface area contributed by atoms with Crippen LogP contribution in [0, 0.1) is 0 Å². The summed E-state index contributed by atoms with van der Waals surface area (Å²) in [5.41, 5.74) is 3.31. The molecule has 5 rings (SSSR count). The number of alkyl carbamates (subject to hydrolysis) is 1. The van der Waals surface area contributed by atoms with Gasteiger partial charge in [-0.2, -0.15) is 0 Å². The summed E-state index contributed by atoms with van der Waals surface area (Å²) in [7, 11) is 1.64. The minimum absolute atomic E-state index is 0.233. The number of rotatable bonds is 15. The van der Waals surface area contributed by atoms with Crippen LogP contribution in [0.2, 0.25) is 0 Å². The third kappa shape index (κ3) is 11.3. The molecule has 2 unspecified atom stereocenters. The van der Waals surface area contributed by atoms with Crippen LogP contribution in [0.5, 0.6) is 11.5 Å². The Labute approximate surface area is 275 Å². The molecule has 1 saturated heterocycles. The van der Waals surface area contributed by atoms with Crippen molar-refractivity contribution in [1.29, 1.82) is 0 Å². The topological polar surface area (TPSA) is 78.5 Å². The first-order valence-corrected chi connectivity index (χ1v) is 16.9. The maximum absolute atomic E-state index is 12.0. The SMILES string of the molecule is CC.COc1cc(CCOC2CCCCC2N2CC[C@@H](OCc3ccccc3)C2)ccc1OCCNC(=O)OCc1ccccc1. The van der Waals surface area contributed by atoms with Crippen molar-refractivity contribution in [2.45, 2.75) is 83.8 Å². The highest BCUT2D eigenvalue weighted by atomic mass is 16.5. The first kappa shape index (κ1) is 35.3. The van der Waals surface area contributed by atoms with Gasteiger partial charge in [-0.05, 0) is 54.5 Å². The predicted molar refractivity (Wildman–Crippen MR) is 181 cm³/mol. The van der Waals surface area contributed by atoms with E-state index in [1.54, 1.807) is 7.11 Å². The number of carbonyl (C=O) groups is 1. The van der Waals surface area contributed by atoms with E-state index in [4.69, 9.17) is 23.7 Å². The predicted octanol–water partition coefficient (Wildman–Crippen LogP) is 7.19. The Kier molecular flexibility index (Phi) is 15.2. The van der Waals surface area contributed by atoms with Gasteiger partial charge >= 0.3 is 6.09 Å². The molecule has 1 N–H and O–H groups in total. The molecule has 0 bridgehead atoms. The summed E-state index contributed by atoms with van der Waals surface area (Å²) in [4.78, 5) is 14.6. The number of ether oxygens (including phenoxy) is 5. The van der Waals surface area contributed by atoms with Crippen molar-refractivity contribution in [2.24, 2.45) is 0 Å². The zero-order valence-corrected chi connectivity index (χ0v) is 27.8. The highest BCUT2D eigenvalue weighted by Gasteiger charge is 2.35. The first-order chi connectivity index (χ1) is 22.7. The lowest BCUT2D eigenvalue weighted by Gasteiger charge is -2.38. The normalized spacial score (nSPS) is 19.5. The summed E-state index contributed by atoms with van der Waals surface area (Å²) in [6.07, 6.45) is 6.75. The standard InChI is InChI=1S/C36H46N2O6.C2H6/c1-40-35-24-28(16-17-34(35)42-23-20-37-36(39)44-27-30-12-6-3-7-13-30)19-22-41-33-15-9-8-14-32(33)38-21-18-31(25-38)43-26-29-10-4-2-5-11-29;1-2/h2-7,10-13,16-17,24,31-33H,8-9,14-15,18-23,25-27H2,1H3,(H,37,39);1-2H3/t31-,32?,33?;/m1./s1. The number of hydrogen-bond acceptors (Lipinski definition) is 7. The van der Waals surface area contributed by atoms with E-state index in [1.807, 2.05) is 62.4 Å². The molecular formula is C38H52N2O6. The van der Waals surface area contributed by atoms with Crippen LogP contribution in [0.3, 0.4) is 0 Å². The maximum atomic E-state index is 12.0. The van der Waals surface area contributed by atoms with Gasteiger partial charge in [0.05, 0.1) is 39.1 Å². The summed E-state index contributed by atoms with van der Waals surface area (Å²) in [6, 6.07) is 26.5. The van der Waals surface area contributed by atoms with Crippen LogP contribution in [-0.4, -0.2) is 69.2 Å². The van der Waals surface area contributed by atoms with Crippen LogP contribution in [0.1, 0.15) is 62.6 Å². The molecule has 8 heteroatoms. The molecule has 2 aliphatic rings. The number of carbonyl (C=O) groups excluding carboxylic acids is 1. The van der Waals surface area contributed by atoms with Crippen LogP contribution >= 0.6 is 0 Å². The van der Waals surface area contributed by atoms with E-state index in [0.717, 1.165) is 43.5 Å². The summed E-state index contributed by atoms with van der Waals surface area (Å²) in [5.74, 6) is 1.31. The van der Waals surface area contributed by atoms with Crippen molar-refractivity contribution < 1.29 is 28.5 Å². The second kappa shape index (κ2) is 19.8. The van der Waals surface area contributed by atoms with Crippen molar-refractivity contribution >= 4 is 6.09 Å². The van der Waals surface area contributed by atoms with E-state index >= 15 is 0 Å². The molecule has 2 fully saturated rings. The summed E-state index contributed by atoms with van der Waals surface area (Å²) in [5, 5.41) is 2.72. The Hall–Kier alpha value is -3.59.